The summed E-state index contributed by atoms with van der Waals surface area (Å²) < 4.78 is 28.1. The Morgan fingerprint density at radius 2 is 1.01 bits per heavy atom. The van der Waals surface area contributed by atoms with Crippen molar-refractivity contribution in [2.45, 2.75) is 37.1 Å². The first-order valence-electron chi connectivity index (χ1n) is 23.5. The van der Waals surface area contributed by atoms with Crippen LogP contribution in [-0.4, -0.2) is 101 Å². The lowest BCUT2D eigenvalue weighted by molar-refractivity contribution is 0.114. The Hall–Kier alpha value is -6.50. The summed E-state index contributed by atoms with van der Waals surface area (Å²) in [6.45, 7) is 2.47. The molecule has 74 heavy (non-hydrogen) atoms. The summed E-state index contributed by atoms with van der Waals surface area (Å²) in [5.74, 6) is 2.22. The van der Waals surface area contributed by atoms with Gasteiger partial charge in [-0.1, -0.05) is 70.7 Å². The van der Waals surface area contributed by atoms with E-state index in [0.717, 1.165) is 74.9 Å². The number of halogens is 4. The van der Waals surface area contributed by atoms with Crippen LogP contribution in [0.1, 0.15) is 45.7 Å². The molecule has 2 aromatic heterocycles. The molecule has 0 aliphatic carbocycles. The van der Waals surface area contributed by atoms with Gasteiger partial charge in [-0.25, -0.2) is 9.59 Å². The van der Waals surface area contributed by atoms with E-state index in [1.54, 1.807) is 58.3 Å². The minimum Gasteiger partial charge on any atom is -0.491 e. The van der Waals surface area contributed by atoms with Gasteiger partial charge in [-0.15, -0.1) is 0 Å². The molecule has 4 atom stereocenters. The van der Waals surface area contributed by atoms with Crippen LogP contribution in [0.3, 0.4) is 0 Å². The molecule has 0 radical (unpaired) electrons. The summed E-state index contributed by atoms with van der Waals surface area (Å²) in [5.41, 5.74) is 13.4. The molecular formula is C55H54Cl4N6O9. The number of hydrogen-bond acceptors (Lipinski definition) is 11. The summed E-state index contributed by atoms with van der Waals surface area (Å²) in [7, 11) is 1.00. The number of aromatic nitrogens is 2. The van der Waals surface area contributed by atoms with Gasteiger partial charge in [0.1, 0.15) is 60.5 Å². The lowest BCUT2D eigenvalue weighted by atomic mass is 9.92. The number of nitrogens with two attached hydrogens (primary N) is 1. The predicted molar refractivity (Wildman–Crippen MR) is 288 cm³/mol. The van der Waals surface area contributed by atoms with E-state index >= 15 is 0 Å². The Morgan fingerprint density at radius 1 is 0.622 bits per heavy atom. The van der Waals surface area contributed by atoms with Crippen molar-refractivity contribution in [2.75, 3.05) is 46.6 Å². The van der Waals surface area contributed by atoms with Crippen molar-refractivity contribution >= 4 is 80.4 Å². The fourth-order valence-electron chi connectivity index (χ4n) is 9.04. The minimum atomic E-state index is -0.734. The summed E-state index contributed by atoms with van der Waals surface area (Å²) in [4.78, 5) is 37.2. The number of epoxide rings is 1. The third-order valence-electron chi connectivity index (χ3n) is 12.6. The first-order chi connectivity index (χ1) is 35.5. The zero-order chi connectivity index (χ0) is 51.2. The fourth-order valence-corrected chi connectivity index (χ4v) is 9.63. The van der Waals surface area contributed by atoms with Gasteiger partial charge < -0.3 is 55.7 Å². The van der Waals surface area contributed by atoms with E-state index in [0.29, 0.717) is 69.9 Å². The van der Waals surface area contributed by atoms with Crippen molar-refractivity contribution in [3.05, 3.63) is 187 Å². The standard InChI is InChI=1S/C27H25Cl2N3O4.C27H22Cl2N2O4.CH4O.H3N/c28-17-3-8-21(9-4-17)36-27(34)32-12-11-22-23-13-18(29)5-10-24(23)31-25(22)26(32)16-1-6-20(7-2-16)35-15-19(33)14-30;28-17-3-8-20(9-4-17)35-27(32)31-12-11-22-23-13-18(29)5-10-24(23)30-25(22)26(31)16-1-6-19(7-2-16)33-14-21-15-34-21;1-2;/h1-10,13,19,26,31,33H,11-12,14-15,30H2;1-10,13,21,26,30H,11-12,14-15H2;2H,1H3;1H3. The lowest BCUT2D eigenvalue weighted by Gasteiger charge is -2.35. The molecule has 5 heterocycles. The maximum Gasteiger partial charge on any atom is 0.416 e. The molecule has 1 saturated heterocycles. The average molecular weight is 1080 g/mol. The van der Waals surface area contributed by atoms with Crippen LogP contribution in [0.4, 0.5) is 9.59 Å². The molecule has 0 bridgehead atoms. The van der Waals surface area contributed by atoms with Crippen molar-refractivity contribution in [3.8, 4) is 23.0 Å². The van der Waals surface area contributed by atoms with Crippen molar-refractivity contribution in [3.63, 3.8) is 0 Å². The zero-order valence-corrected chi connectivity index (χ0v) is 43.1. The molecule has 8 aromatic rings. The van der Waals surface area contributed by atoms with Crippen LogP contribution in [0.15, 0.2) is 133 Å². The van der Waals surface area contributed by atoms with E-state index in [1.807, 2.05) is 84.9 Å². The van der Waals surface area contributed by atoms with Crippen LogP contribution in [0, 0.1) is 0 Å². The van der Waals surface area contributed by atoms with Crippen LogP contribution >= 0.6 is 46.4 Å². The van der Waals surface area contributed by atoms with Crippen molar-refractivity contribution in [2.24, 2.45) is 5.73 Å². The SMILES string of the molecule is CO.N.NCC(O)COc1ccc(C2c3[nH]c4ccc(Cl)cc4c3CCN2C(=O)Oc2ccc(Cl)cc2)cc1.O=C(Oc1ccc(Cl)cc1)N1CCc2c([nH]c3ccc(Cl)cc23)C1c1ccc(OCC2CO2)cc1. The van der Waals surface area contributed by atoms with Crippen molar-refractivity contribution in [1.82, 2.24) is 25.9 Å². The topological polar surface area (TPSA) is 223 Å². The van der Waals surface area contributed by atoms with Gasteiger partial charge in [-0.3, -0.25) is 9.80 Å². The van der Waals surface area contributed by atoms with Gasteiger partial charge in [0.05, 0.1) is 6.61 Å². The fraction of sp³-hybridized carbons (Fsp3) is 0.236. The molecule has 4 unspecified atom stereocenters. The van der Waals surface area contributed by atoms with Gasteiger partial charge in [0.25, 0.3) is 0 Å². The first-order valence-corrected chi connectivity index (χ1v) is 25.0. The third kappa shape index (κ3) is 12.4. The monoisotopic (exact) mass is 1080 g/mol. The van der Waals surface area contributed by atoms with Gasteiger partial charge in [0, 0.05) is 80.0 Å². The van der Waals surface area contributed by atoms with Gasteiger partial charge in [-0.2, -0.15) is 0 Å². The van der Waals surface area contributed by atoms with Gasteiger partial charge in [0.15, 0.2) is 0 Å². The Morgan fingerprint density at radius 3 is 1.42 bits per heavy atom. The molecule has 6 aromatic carbocycles. The average Bonchev–Trinajstić information content (AvgIpc) is 4.08. The van der Waals surface area contributed by atoms with Gasteiger partial charge in [0.2, 0.25) is 0 Å². The number of H-pyrrole nitrogens is 2. The zero-order valence-electron chi connectivity index (χ0n) is 40.1. The molecule has 9 N–H and O–H groups in total. The number of benzene rings is 6. The van der Waals surface area contributed by atoms with Crippen LogP contribution in [0.2, 0.25) is 20.1 Å². The van der Waals surface area contributed by atoms with Gasteiger partial charge in [-0.05, 0) is 144 Å². The number of hydrogen-bond donors (Lipinski definition) is 6. The molecule has 3 aliphatic rings. The highest BCUT2D eigenvalue weighted by Gasteiger charge is 2.37. The summed E-state index contributed by atoms with van der Waals surface area (Å²) >= 11 is 24.5. The van der Waals surface area contributed by atoms with Crippen molar-refractivity contribution < 1.29 is 43.5 Å². The Labute approximate surface area is 447 Å². The molecule has 386 valence electrons. The number of aliphatic hydroxyl groups is 2. The number of aromatic amines is 2. The molecule has 0 spiro atoms. The van der Waals surface area contributed by atoms with Crippen LogP contribution in [0.5, 0.6) is 23.0 Å². The maximum atomic E-state index is 13.4. The molecule has 3 aliphatic heterocycles. The normalized spacial score (nSPS) is 16.8. The molecule has 2 amide bonds. The smallest absolute Gasteiger partial charge is 0.416 e. The number of ether oxygens (including phenoxy) is 5. The number of fused-ring (bicyclic) bond motifs is 6. The van der Waals surface area contributed by atoms with Crippen LogP contribution in [0.25, 0.3) is 21.8 Å². The van der Waals surface area contributed by atoms with Crippen molar-refractivity contribution in [1.29, 1.82) is 0 Å². The van der Waals surface area contributed by atoms with E-state index in [-0.39, 0.29) is 31.4 Å². The van der Waals surface area contributed by atoms with Crippen LogP contribution in [-0.2, 0) is 17.6 Å². The number of nitrogens with zero attached hydrogens (tertiary/aromatic N) is 2. The third-order valence-corrected chi connectivity index (χ3v) is 13.6. The van der Waals surface area contributed by atoms with E-state index in [4.69, 9.17) is 80.9 Å². The quantitative estimate of drug-likeness (QED) is 0.0669. The van der Waals surface area contributed by atoms with E-state index in [1.165, 1.54) is 0 Å². The number of amides is 2. The Kier molecular flexibility index (Phi) is 17.6. The van der Waals surface area contributed by atoms with E-state index in [2.05, 4.69) is 9.97 Å². The van der Waals surface area contributed by atoms with E-state index in [9.17, 15) is 14.7 Å². The lowest BCUT2D eigenvalue weighted by Crippen LogP contribution is -2.42. The second-order valence-corrected chi connectivity index (χ2v) is 19.1. The number of carbonyl (C=O) groups excluding carboxylic acids is 2. The summed E-state index contributed by atoms with van der Waals surface area (Å²) in [6, 6.07) is 39.5. The second kappa shape index (κ2) is 24.2. The minimum absolute atomic E-state index is 0. The molecular weight excluding hydrogens is 1030 g/mol. The number of aliphatic hydroxyl groups excluding tert-OH is 2. The summed E-state index contributed by atoms with van der Waals surface area (Å²) in [6.07, 6.45) is -0.0967. The molecule has 11 rings (SSSR count). The number of carbonyl (C=O) groups is 2. The van der Waals surface area contributed by atoms with E-state index < -0.39 is 24.3 Å². The molecule has 19 heteroatoms. The Bertz CT molecular complexity index is 3190. The Balaban J connectivity index is 0.000000188. The number of rotatable bonds is 11. The second-order valence-electron chi connectivity index (χ2n) is 17.4. The summed E-state index contributed by atoms with van der Waals surface area (Å²) in [5, 5.41) is 21.3. The van der Waals surface area contributed by atoms with Crippen LogP contribution < -0.4 is 30.8 Å². The molecule has 15 nitrogen and oxygen atoms in total. The van der Waals surface area contributed by atoms with Gasteiger partial charge >= 0.3 is 12.2 Å². The maximum absolute atomic E-state index is 13.4. The highest BCUT2D eigenvalue weighted by molar-refractivity contribution is 6.32. The highest BCUT2D eigenvalue weighted by Crippen LogP contribution is 2.42. The number of nitrogens with one attached hydrogen (secondary N) is 2. The predicted octanol–water partition coefficient (Wildman–Crippen LogP) is 11.5. The first kappa shape index (κ1) is 53.8. The molecule has 0 saturated carbocycles. The highest BCUT2D eigenvalue weighted by atomic mass is 35.5. The largest absolute Gasteiger partial charge is 0.491 e. The molecule has 1 fully saturated rings.